The van der Waals surface area contributed by atoms with Crippen LogP contribution >= 0.6 is 15.9 Å². The summed E-state index contributed by atoms with van der Waals surface area (Å²) < 4.78 is 11.2. The van der Waals surface area contributed by atoms with E-state index in [0.29, 0.717) is 34.5 Å². The Kier molecular flexibility index (Phi) is 5.38. The lowest BCUT2D eigenvalue weighted by Crippen LogP contribution is -2.35. The number of benzene rings is 1. The molecule has 0 saturated carbocycles. The average Bonchev–Trinajstić information content (AvgIpc) is 2.45. The maximum absolute atomic E-state index is 12.6. The van der Waals surface area contributed by atoms with Gasteiger partial charge in [0.25, 0.3) is 0 Å². The number of hydrogen-bond donors (Lipinski definition) is 1. The normalized spacial score (nSPS) is 13.8. The van der Waals surface area contributed by atoms with Crippen molar-refractivity contribution in [2.45, 2.75) is 20.3 Å². The Hall–Kier alpha value is -1.07. The fraction of sp³-hybridized carbons (Fsp3) is 0.500. The van der Waals surface area contributed by atoms with Crippen LogP contribution in [0.3, 0.4) is 0 Å². The van der Waals surface area contributed by atoms with Crippen LogP contribution in [-0.4, -0.2) is 26.5 Å². The number of halogens is 1. The van der Waals surface area contributed by atoms with E-state index in [0.717, 1.165) is 0 Å². The maximum Gasteiger partial charge on any atom is 0.173 e. The smallest absolute Gasteiger partial charge is 0.173 e. The van der Waals surface area contributed by atoms with E-state index in [1.807, 2.05) is 13.8 Å². The molecule has 19 heavy (non-hydrogen) atoms. The minimum atomic E-state index is -0.582. The minimum absolute atomic E-state index is 0.0160. The van der Waals surface area contributed by atoms with Gasteiger partial charge in [0.1, 0.15) is 16.0 Å². The average molecular weight is 330 g/mol. The van der Waals surface area contributed by atoms with E-state index in [-0.39, 0.29) is 5.78 Å². The first kappa shape index (κ1) is 16.0. The van der Waals surface area contributed by atoms with Gasteiger partial charge in [0, 0.05) is 12.0 Å². The van der Waals surface area contributed by atoms with Crippen LogP contribution in [0.1, 0.15) is 30.6 Å². The third-order valence-corrected chi connectivity index (χ3v) is 4.26. The lowest BCUT2D eigenvalue weighted by molar-refractivity contribution is 0.0816. The third kappa shape index (κ3) is 2.92. The van der Waals surface area contributed by atoms with Crippen LogP contribution in [0.4, 0.5) is 0 Å². The molecule has 4 nitrogen and oxygen atoms in total. The van der Waals surface area contributed by atoms with Gasteiger partial charge in [-0.05, 0) is 34.5 Å². The number of ether oxygens (including phenoxy) is 2. The second kappa shape index (κ2) is 6.39. The van der Waals surface area contributed by atoms with E-state index in [4.69, 9.17) is 15.2 Å². The zero-order valence-electron chi connectivity index (χ0n) is 11.7. The third-order valence-electron chi connectivity index (χ3n) is 3.51. The summed E-state index contributed by atoms with van der Waals surface area (Å²) in [7, 11) is 3.10. The summed E-state index contributed by atoms with van der Waals surface area (Å²) in [6.45, 7) is 4.12. The van der Waals surface area contributed by atoms with E-state index in [1.165, 1.54) is 7.11 Å². The summed E-state index contributed by atoms with van der Waals surface area (Å²) in [5, 5.41) is 0. The van der Waals surface area contributed by atoms with Crippen molar-refractivity contribution in [1.82, 2.24) is 0 Å². The van der Waals surface area contributed by atoms with E-state index in [9.17, 15) is 4.79 Å². The molecule has 0 radical (unpaired) electrons. The summed E-state index contributed by atoms with van der Waals surface area (Å²) in [5.41, 5.74) is 5.68. The highest BCUT2D eigenvalue weighted by atomic mass is 79.9. The van der Waals surface area contributed by atoms with E-state index >= 15 is 0 Å². The number of hydrogen-bond acceptors (Lipinski definition) is 4. The number of rotatable bonds is 6. The molecule has 1 rings (SSSR count). The van der Waals surface area contributed by atoms with Gasteiger partial charge in [0.05, 0.1) is 19.8 Å². The molecule has 0 amide bonds. The number of Topliss-reactive ketones (excluding diaryl/α,β-unsaturated/α-hetero) is 1. The Balaban J connectivity index is 3.36. The molecule has 0 aromatic heterocycles. The molecule has 0 aliphatic carbocycles. The molecule has 0 heterocycles. The molecule has 0 fully saturated rings. The molecule has 0 bridgehead atoms. The van der Waals surface area contributed by atoms with Crippen molar-refractivity contribution in [1.29, 1.82) is 0 Å². The molecule has 0 saturated heterocycles. The van der Waals surface area contributed by atoms with Crippen LogP contribution in [0.15, 0.2) is 16.6 Å². The summed E-state index contributed by atoms with van der Waals surface area (Å²) in [5.74, 6) is 1.09. The zero-order chi connectivity index (χ0) is 14.6. The highest BCUT2D eigenvalue weighted by molar-refractivity contribution is 9.10. The summed E-state index contributed by atoms with van der Waals surface area (Å²) in [6.07, 6.45) is 0.676. The number of carbonyl (C=O) groups excluding carboxylic acids is 1. The van der Waals surface area contributed by atoms with E-state index in [2.05, 4.69) is 15.9 Å². The molecule has 1 aromatic carbocycles. The molecular formula is C14H20BrNO3. The molecule has 106 valence electrons. The molecule has 1 aromatic rings. The molecule has 0 aliphatic rings. The quantitative estimate of drug-likeness (QED) is 0.815. The molecular weight excluding hydrogens is 310 g/mol. The van der Waals surface area contributed by atoms with Crippen molar-refractivity contribution in [3.8, 4) is 11.5 Å². The Labute approximate surface area is 122 Å². The van der Waals surface area contributed by atoms with Gasteiger partial charge in [-0.25, -0.2) is 0 Å². The van der Waals surface area contributed by atoms with Gasteiger partial charge in [0.2, 0.25) is 0 Å². The number of ketones is 1. The van der Waals surface area contributed by atoms with E-state index < -0.39 is 5.41 Å². The van der Waals surface area contributed by atoms with E-state index in [1.54, 1.807) is 19.2 Å². The van der Waals surface area contributed by atoms with Crippen molar-refractivity contribution in [3.63, 3.8) is 0 Å². The fourth-order valence-electron chi connectivity index (χ4n) is 1.80. The topological polar surface area (TPSA) is 61.6 Å². The van der Waals surface area contributed by atoms with Gasteiger partial charge in [-0.3, -0.25) is 4.79 Å². The Bertz CT molecular complexity index is 470. The Morgan fingerprint density at radius 2 is 2.00 bits per heavy atom. The lowest BCUT2D eigenvalue weighted by atomic mass is 9.80. The van der Waals surface area contributed by atoms with Crippen LogP contribution in [0, 0.1) is 5.41 Å². The molecule has 0 spiro atoms. The summed E-state index contributed by atoms with van der Waals surface area (Å²) in [4.78, 5) is 12.6. The highest BCUT2D eigenvalue weighted by Crippen LogP contribution is 2.40. The van der Waals surface area contributed by atoms with Crippen molar-refractivity contribution in [2.24, 2.45) is 11.1 Å². The molecule has 0 aliphatic heterocycles. The fourth-order valence-corrected chi connectivity index (χ4v) is 2.47. The second-order valence-electron chi connectivity index (χ2n) is 4.61. The predicted octanol–water partition coefficient (Wildman–Crippen LogP) is 3.02. The first-order chi connectivity index (χ1) is 8.95. The van der Waals surface area contributed by atoms with Gasteiger partial charge in [0.15, 0.2) is 5.78 Å². The highest BCUT2D eigenvalue weighted by Gasteiger charge is 2.33. The maximum atomic E-state index is 12.6. The number of carbonyl (C=O) groups is 1. The predicted molar refractivity (Wildman–Crippen MR) is 79.0 cm³/mol. The molecule has 2 N–H and O–H groups in total. The molecule has 1 atom stereocenters. The van der Waals surface area contributed by atoms with Gasteiger partial charge in [-0.2, -0.15) is 0 Å². The number of methoxy groups -OCH3 is 2. The summed E-state index contributed by atoms with van der Waals surface area (Å²) in [6, 6.07) is 3.46. The summed E-state index contributed by atoms with van der Waals surface area (Å²) >= 11 is 3.40. The van der Waals surface area contributed by atoms with Crippen molar-refractivity contribution in [2.75, 3.05) is 20.8 Å². The Morgan fingerprint density at radius 3 is 2.42 bits per heavy atom. The van der Waals surface area contributed by atoms with Crippen LogP contribution in [0.25, 0.3) is 0 Å². The molecule has 1 unspecified atom stereocenters. The molecule has 5 heteroatoms. The minimum Gasteiger partial charge on any atom is -0.495 e. The van der Waals surface area contributed by atoms with Gasteiger partial charge in [-0.15, -0.1) is 0 Å². The second-order valence-corrected chi connectivity index (χ2v) is 5.40. The van der Waals surface area contributed by atoms with Crippen molar-refractivity contribution in [3.05, 3.63) is 22.2 Å². The van der Waals surface area contributed by atoms with Crippen LogP contribution in [-0.2, 0) is 0 Å². The van der Waals surface area contributed by atoms with Crippen molar-refractivity contribution >= 4 is 21.7 Å². The van der Waals surface area contributed by atoms with Gasteiger partial charge in [-0.1, -0.05) is 13.8 Å². The van der Waals surface area contributed by atoms with Crippen LogP contribution < -0.4 is 15.2 Å². The Morgan fingerprint density at radius 1 is 1.37 bits per heavy atom. The van der Waals surface area contributed by atoms with Gasteiger partial charge >= 0.3 is 0 Å². The largest absolute Gasteiger partial charge is 0.495 e. The number of nitrogens with two attached hydrogens (primary N) is 1. The SMILES string of the molecule is CCC(C)(CN)C(=O)c1ccc(OC)c(Br)c1OC. The monoisotopic (exact) mass is 329 g/mol. The lowest BCUT2D eigenvalue weighted by Gasteiger charge is -2.26. The van der Waals surface area contributed by atoms with Crippen LogP contribution in [0.5, 0.6) is 11.5 Å². The first-order valence-electron chi connectivity index (χ1n) is 6.10. The zero-order valence-corrected chi connectivity index (χ0v) is 13.3. The first-order valence-corrected chi connectivity index (χ1v) is 6.89. The van der Waals surface area contributed by atoms with Crippen LogP contribution in [0.2, 0.25) is 0 Å². The van der Waals surface area contributed by atoms with Gasteiger partial charge < -0.3 is 15.2 Å². The van der Waals surface area contributed by atoms with Crippen molar-refractivity contribution < 1.29 is 14.3 Å². The standard InChI is InChI=1S/C14H20BrNO3/c1-5-14(2,8-16)13(17)9-6-7-10(18-3)11(15)12(9)19-4/h6-7H,5,8,16H2,1-4H3.